The highest BCUT2D eigenvalue weighted by molar-refractivity contribution is 9.10. The lowest BCUT2D eigenvalue weighted by molar-refractivity contribution is -0.146. The van der Waals surface area contributed by atoms with Gasteiger partial charge in [0.15, 0.2) is 0 Å². The van der Waals surface area contributed by atoms with Gasteiger partial charge in [0, 0.05) is 17.1 Å². The van der Waals surface area contributed by atoms with Crippen LogP contribution in [-0.2, 0) is 28.6 Å². The molecule has 0 bridgehead atoms. The standard InChI is InChI=1S/C16H19BrN2O3/c1-16(2,15(21)22-4)14-8-13(19(3)18-14)12-6-5-11(17)7-10(12)9-20/h5-8,20H,9H2,1-4H3. The molecular formula is C16H19BrN2O3. The van der Waals surface area contributed by atoms with Gasteiger partial charge in [0.2, 0.25) is 0 Å². The molecule has 1 aromatic heterocycles. The number of benzene rings is 1. The summed E-state index contributed by atoms with van der Waals surface area (Å²) in [6.07, 6.45) is 0. The molecule has 1 heterocycles. The second-order valence-corrected chi connectivity index (χ2v) is 6.53. The summed E-state index contributed by atoms with van der Waals surface area (Å²) in [6.45, 7) is 3.48. The van der Waals surface area contributed by atoms with Crippen molar-refractivity contribution in [1.29, 1.82) is 0 Å². The van der Waals surface area contributed by atoms with Crippen LogP contribution in [0.4, 0.5) is 0 Å². The summed E-state index contributed by atoms with van der Waals surface area (Å²) < 4.78 is 7.46. The van der Waals surface area contributed by atoms with Crippen LogP contribution in [-0.4, -0.2) is 28.0 Å². The van der Waals surface area contributed by atoms with Crippen molar-refractivity contribution in [3.05, 3.63) is 40.0 Å². The van der Waals surface area contributed by atoms with E-state index in [-0.39, 0.29) is 12.6 Å². The number of hydrogen-bond donors (Lipinski definition) is 1. The number of esters is 1. The fourth-order valence-corrected chi connectivity index (χ4v) is 2.74. The average Bonchev–Trinajstić information content (AvgIpc) is 2.88. The van der Waals surface area contributed by atoms with Crippen molar-refractivity contribution in [2.75, 3.05) is 7.11 Å². The molecule has 0 saturated heterocycles. The van der Waals surface area contributed by atoms with E-state index in [0.29, 0.717) is 5.69 Å². The van der Waals surface area contributed by atoms with E-state index in [9.17, 15) is 9.90 Å². The van der Waals surface area contributed by atoms with Crippen molar-refractivity contribution < 1.29 is 14.6 Å². The Labute approximate surface area is 138 Å². The van der Waals surface area contributed by atoms with Crippen molar-refractivity contribution in [1.82, 2.24) is 9.78 Å². The van der Waals surface area contributed by atoms with Crippen LogP contribution in [0.2, 0.25) is 0 Å². The van der Waals surface area contributed by atoms with Crippen molar-refractivity contribution in [3.63, 3.8) is 0 Å². The molecule has 0 aliphatic rings. The molecule has 0 aliphatic carbocycles. The number of carbonyl (C=O) groups is 1. The van der Waals surface area contributed by atoms with Gasteiger partial charge in [-0.15, -0.1) is 0 Å². The second-order valence-electron chi connectivity index (χ2n) is 5.61. The van der Waals surface area contributed by atoms with E-state index in [1.807, 2.05) is 31.3 Å². The molecule has 22 heavy (non-hydrogen) atoms. The highest BCUT2D eigenvalue weighted by atomic mass is 79.9. The number of halogens is 1. The van der Waals surface area contributed by atoms with Crippen LogP contribution in [0.3, 0.4) is 0 Å². The predicted octanol–water partition coefficient (Wildman–Crippen LogP) is 2.79. The molecule has 0 radical (unpaired) electrons. The number of carbonyl (C=O) groups excluding carboxylic acids is 1. The van der Waals surface area contributed by atoms with Gasteiger partial charge < -0.3 is 9.84 Å². The minimum Gasteiger partial charge on any atom is -0.468 e. The number of aliphatic hydroxyl groups is 1. The van der Waals surface area contributed by atoms with E-state index >= 15 is 0 Å². The van der Waals surface area contributed by atoms with Crippen LogP contribution in [0.5, 0.6) is 0 Å². The lowest BCUT2D eigenvalue weighted by Gasteiger charge is -2.18. The van der Waals surface area contributed by atoms with E-state index < -0.39 is 5.41 Å². The number of rotatable bonds is 4. The fraction of sp³-hybridized carbons (Fsp3) is 0.375. The summed E-state index contributed by atoms with van der Waals surface area (Å²) in [6, 6.07) is 7.56. The minimum absolute atomic E-state index is 0.0737. The van der Waals surface area contributed by atoms with E-state index in [2.05, 4.69) is 21.0 Å². The topological polar surface area (TPSA) is 64.3 Å². The molecule has 0 spiro atoms. The summed E-state index contributed by atoms with van der Waals surface area (Å²) in [7, 11) is 3.18. The Morgan fingerprint density at radius 3 is 2.68 bits per heavy atom. The van der Waals surface area contributed by atoms with E-state index in [1.54, 1.807) is 18.5 Å². The molecule has 118 valence electrons. The highest BCUT2D eigenvalue weighted by Gasteiger charge is 2.34. The maximum Gasteiger partial charge on any atom is 0.317 e. The summed E-state index contributed by atoms with van der Waals surface area (Å²) in [5.41, 5.74) is 2.30. The molecule has 5 nitrogen and oxygen atoms in total. The molecule has 0 amide bonds. The van der Waals surface area contributed by atoms with E-state index in [1.165, 1.54) is 7.11 Å². The molecule has 2 rings (SSSR count). The molecule has 0 saturated carbocycles. The lowest BCUT2D eigenvalue weighted by atomic mass is 9.89. The van der Waals surface area contributed by atoms with Gasteiger partial charge in [-0.05, 0) is 37.6 Å². The first-order chi connectivity index (χ1) is 10.3. The van der Waals surface area contributed by atoms with Gasteiger partial charge in [-0.2, -0.15) is 5.10 Å². The minimum atomic E-state index is -0.834. The maximum atomic E-state index is 11.9. The zero-order valence-electron chi connectivity index (χ0n) is 13.1. The summed E-state index contributed by atoms with van der Waals surface area (Å²) in [5.74, 6) is -0.338. The number of aromatic nitrogens is 2. The van der Waals surface area contributed by atoms with Crippen LogP contribution in [0.1, 0.15) is 25.1 Å². The van der Waals surface area contributed by atoms with Crippen LogP contribution < -0.4 is 0 Å². The number of nitrogens with zero attached hydrogens (tertiary/aromatic N) is 2. The Bertz CT molecular complexity index is 707. The number of methoxy groups -OCH3 is 1. The Balaban J connectivity index is 2.54. The number of aliphatic hydroxyl groups excluding tert-OH is 1. The van der Waals surface area contributed by atoms with Crippen molar-refractivity contribution >= 4 is 21.9 Å². The van der Waals surface area contributed by atoms with Crippen LogP contribution >= 0.6 is 15.9 Å². The van der Waals surface area contributed by atoms with Crippen molar-refractivity contribution in [3.8, 4) is 11.3 Å². The fourth-order valence-electron chi connectivity index (χ4n) is 2.33. The smallest absolute Gasteiger partial charge is 0.317 e. The molecule has 0 fully saturated rings. The number of ether oxygens (including phenoxy) is 1. The quantitative estimate of drug-likeness (QED) is 0.845. The third-order valence-electron chi connectivity index (χ3n) is 3.73. The van der Waals surface area contributed by atoms with Crippen LogP contribution in [0, 0.1) is 0 Å². The van der Waals surface area contributed by atoms with Gasteiger partial charge in [0.1, 0.15) is 5.41 Å². The Morgan fingerprint density at radius 2 is 2.09 bits per heavy atom. The maximum absolute atomic E-state index is 11.9. The zero-order valence-corrected chi connectivity index (χ0v) is 14.6. The van der Waals surface area contributed by atoms with Crippen molar-refractivity contribution in [2.45, 2.75) is 25.9 Å². The number of hydrogen-bond acceptors (Lipinski definition) is 4. The first-order valence-corrected chi connectivity index (χ1v) is 7.63. The first kappa shape index (κ1) is 16.7. The number of aryl methyl sites for hydroxylation is 1. The van der Waals surface area contributed by atoms with Gasteiger partial charge in [-0.3, -0.25) is 9.48 Å². The van der Waals surface area contributed by atoms with Gasteiger partial charge >= 0.3 is 5.97 Å². The predicted molar refractivity (Wildman–Crippen MR) is 87.3 cm³/mol. The molecular weight excluding hydrogens is 348 g/mol. The van der Waals surface area contributed by atoms with Gasteiger partial charge in [-0.1, -0.05) is 22.0 Å². The lowest BCUT2D eigenvalue weighted by Crippen LogP contribution is -2.30. The third kappa shape index (κ3) is 2.94. The summed E-state index contributed by atoms with van der Waals surface area (Å²) >= 11 is 3.40. The largest absolute Gasteiger partial charge is 0.468 e. The molecule has 2 aromatic rings. The second kappa shape index (κ2) is 6.22. The highest BCUT2D eigenvalue weighted by Crippen LogP contribution is 2.31. The molecule has 0 aliphatic heterocycles. The van der Waals surface area contributed by atoms with Crippen LogP contribution in [0.15, 0.2) is 28.7 Å². The SMILES string of the molecule is COC(=O)C(C)(C)c1cc(-c2ccc(Br)cc2CO)n(C)n1. The Kier molecular flexibility index (Phi) is 4.72. The first-order valence-electron chi connectivity index (χ1n) is 6.84. The van der Waals surface area contributed by atoms with Crippen LogP contribution in [0.25, 0.3) is 11.3 Å². The van der Waals surface area contributed by atoms with Gasteiger partial charge in [0.25, 0.3) is 0 Å². The van der Waals surface area contributed by atoms with E-state index in [0.717, 1.165) is 21.3 Å². The van der Waals surface area contributed by atoms with Crippen molar-refractivity contribution in [2.24, 2.45) is 7.05 Å². The molecule has 1 N–H and O–H groups in total. The van der Waals surface area contributed by atoms with E-state index in [4.69, 9.17) is 4.74 Å². The van der Waals surface area contributed by atoms with Gasteiger partial charge in [-0.25, -0.2) is 0 Å². The molecule has 1 aromatic carbocycles. The third-order valence-corrected chi connectivity index (χ3v) is 4.22. The molecule has 6 heteroatoms. The Hall–Kier alpha value is -1.66. The Morgan fingerprint density at radius 1 is 1.41 bits per heavy atom. The normalized spacial score (nSPS) is 11.5. The summed E-state index contributed by atoms with van der Waals surface area (Å²) in [5, 5.41) is 14.0. The molecule has 0 atom stereocenters. The summed E-state index contributed by atoms with van der Waals surface area (Å²) in [4.78, 5) is 11.9. The molecule has 0 unspecified atom stereocenters. The average molecular weight is 367 g/mol. The zero-order chi connectivity index (χ0) is 16.5. The monoisotopic (exact) mass is 366 g/mol. The van der Waals surface area contributed by atoms with Gasteiger partial charge in [0.05, 0.1) is 25.1 Å².